The summed E-state index contributed by atoms with van der Waals surface area (Å²) in [4.78, 5) is 25.4. The highest BCUT2D eigenvalue weighted by Gasteiger charge is 2.40. The van der Waals surface area contributed by atoms with E-state index in [1.165, 1.54) is 10.8 Å². The molecule has 1 aliphatic carbocycles. The number of aliphatic hydroxyl groups excluding tert-OH is 2. The largest absolute Gasteiger partial charge is 0.396 e. The first-order valence-corrected chi connectivity index (χ1v) is 6.06. The van der Waals surface area contributed by atoms with Crippen LogP contribution in [0.4, 0.5) is 0 Å². The summed E-state index contributed by atoms with van der Waals surface area (Å²) in [5.41, 5.74) is -0.391. The third kappa shape index (κ3) is 2.02. The first-order chi connectivity index (χ1) is 8.45. The van der Waals surface area contributed by atoms with Crippen LogP contribution in [0.3, 0.4) is 0 Å². The van der Waals surface area contributed by atoms with Crippen molar-refractivity contribution < 1.29 is 10.2 Å². The molecule has 18 heavy (non-hydrogen) atoms. The van der Waals surface area contributed by atoms with Crippen LogP contribution in [0.5, 0.6) is 0 Å². The highest BCUT2D eigenvalue weighted by Crippen LogP contribution is 2.39. The summed E-state index contributed by atoms with van der Waals surface area (Å²) in [6, 6.07) is -0.194. The Morgan fingerprint density at radius 3 is 2.72 bits per heavy atom. The smallest absolute Gasteiger partial charge is 0.328 e. The molecule has 0 aromatic carbocycles. The van der Waals surface area contributed by atoms with E-state index in [9.17, 15) is 19.8 Å². The van der Waals surface area contributed by atoms with E-state index in [-0.39, 0.29) is 30.0 Å². The zero-order valence-corrected chi connectivity index (χ0v) is 10.5. The van der Waals surface area contributed by atoms with Crippen LogP contribution in [0.1, 0.15) is 24.9 Å². The molecule has 1 fully saturated rings. The van der Waals surface area contributed by atoms with Crippen LogP contribution in [0.15, 0.2) is 15.8 Å². The number of H-pyrrole nitrogens is 1. The number of aromatic nitrogens is 2. The highest BCUT2D eigenvalue weighted by molar-refractivity contribution is 5.04. The van der Waals surface area contributed by atoms with E-state index >= 15 is 0 Å². The van der Waals surface area contributed by atoms with Crippen molar-refractivity contribution in [2.75, 3.05) is 6.61 Å². The molecule has 0 amide bonds. The molecule has 6 nitrogen and oxygen atoms in total. The second-order valence-corrected chi connectivity index (χ2v) is 5.05. The third-order valence-corrected chi connectivity index (χ3v) is 3.97. The Kier molecular flexibility index (Phi) is 3.41. The van der Waals surface area contributed by atoms with E-state index in [1.54, 1.807) is 6.92 Å². The van der Waals surface area contributed by atoms with Crippen LogP contribution in [-0.4, -0.2) is 32.5 Å². The SMILES string of the molecule is Cc1cn([C@H]2C[C@H](O)[C@@H](CO)[C@@H]2C)c(=O)[nH]c1=O. The van der Waals surface area contributed by atoms with E-state index in [4.69, 9.17) is 0 Å². The fourth-order valence-corrected chi connectivity index (χ4v) is 2.76. The maximum atomic E-state index is 11.8. The summed E-state index contributed by atoms with van der Waals surface area (Å²) in [6.07, 6.45) is 1.32. The van der Waals surface area contributed by atoms with Crippen molar-refractivity contribution in [3.8, 4) is 0 Å². The summed E-state index contributed by atoms with van der Waals surface area (Å²) in [7, 11) is 0. The zero-order valence-electron chi connectivity index (χ0n) is 10.5. The lowest BCUT2D eigenvalue weighted by Crippen LogP contribution is -2.34. The summed E-state index contributed by atoms with van der Waals surface area (Å²) in [6.45, 7) is 3.43. The maximum absolute atomic E-state index is 11.8. The minimum atomic E-state index is -0.617. The molecule has 1 saturated carbocycles. The molecule has 4 atom stereocenters. The Morgan fingerprint density at radius 2 is 2.17 bits per heavy atom. The number of nitrogens with one attached hydrogen (secondary N) is 1. The van der Waals surface area contributed by atoms with E-state index in [0.29, 0.717) is 12.0 Å². The third-order valence-electron chi connectivity index (χ3n) is 3.97. The molecule has 0 aliphatic heterocycles. The Hall–Kier alpha value is -1.40. The lowest BCUT2D eigenvalue weighted by molar-refractivity contribution is 0.0752. The van der Waals surface area contributed by atoms with Gasteiger partial charge in [-0.05, 0) is 19.3 Å². The van der Waals surface area contributed by atoms with Gasteiger partial charge >= 0.3 is 5.69 Å². The van der Waals surface area contributed by atoms with Gasteiger partial charge in [0.25, 0.3) is 5.56 Å². The van der Waals surface area contributed by atoms with Gasteiger partial charge in [0.05, 0.1) is 6.10 Å². The zero-order chi connectivity index (χ0) is 13.4. The van der Waals surface area contributed by atoms with E-state index in [0.717, 1.165) is 0 Å². The fraction of sp³-hybridized carbons (Fsp3) is 0.667. The van der Waals surface area contributed by atoms with Crippen LogP contribution in [0.2, 0.25) is 0 Å². The summed E-state index contributed by atoms with van der Waals surface area (Å²) >= 11 is 0. The molecular formula is C12H18N2O4. The molecule has 0 unspecified atom stereocenters. The first-order valence-electron chi connectivity index (χ1n) is 6.06. The van der Waals surface area contributed by atoms with Crippen molar-refractivity contribution in [3.05, 3.63) is 32.6 Å². The summed E-state index contributed by atoms with van der Waals surface area (Å²) < 4.78 is 1.46. The second-order valence-electron chi connectivity index (χ2n) is 5.05. The van der Waals surface area contributed by atoms with Gasteiger partial charge < -0.3 is 10.2 Å². The average Bonchev–Trinajstić information content (AvgIpc) is 2.59. The Balaban J connectivity index is 2.42. The Labute approximate surface area is 104 Å². The van der Waals surface area contributed by atoms with Crippen LogP contribution in [0, 0.1) is 18.8 Å². The summed E-state index contributed by atoms with van der Waals surface area (Å²) in [5, 5.41) is 19.1. The van der Waals surface area contributed by atoms with Gasteiger partial charge in [-0.3, -0.25) is 14.3 Å². The molecule has 0 spiro atoms. The standard InChI is InChI=1S/C12H18N2O4/c1-6-4-14(12(18)13-11(6)17)9-3-10(16)8(5-15)7(9)2/h4,7-10,15-16H,3,5H2,1-2H3,(H,13,17,18)/t7-,8-,9-,10-/m0/s1. The number of hydrogen-bond donors (Lipinski definition) is 3. The molecule has 1 aliphatic rings. The molecule has 100 valence electrons. The number of aromatic amines is 1. The lowest BCUT2D eigenvalue weighted by Gasteiger charge is -2.21. The molecule has 0 bridgehead atoms. The predicted molar refractivity (Wildman–Crippen MR) is 65.5 cm³/mol. The summed E-state index contributed by atoms with van der Waals surface area (Å²) in [5.74, 6) is -0.248. The molecule has 3 N–H and O–H groups in total. The van der Waals surface area contributed by atoms with Crippen molar-refractivity contribution in [1.29, 1.82) is 0 Å². The van der Waals surface area contributed by atoms with Crippen LogP contribution < -0.4 is 11.2 Å². The van der Waals surface area contributed by atoms with Crippen molar-refractivity contribution in [3.63, 3.8) is 0 Å². The highest BCUT2D eigenvalue weighted by atomic mass is 16.3. The fourth-order valence-electron chi connectivity index (χ4n) is 2.76. The van der Waals surface area contributed by atoms with E-state index in [2.05, 4.69) is 4.98 Å². The number of nitrogens with zero attached hydrogens (tertiary/aromatic N) is 1. The van der Waals surface area contributed by atoms with Gasteiger partial charge in [0.1, 0.15) is 0 Å². The average molecular weight is 254 g/mol. The van der Waals surface area contributed by atoms with Gasteiger partial charge in [-0.2, -0.15) is 0 Å². The molecule has 1 aromatic heterocycles. The van der Waals surface area contributed by atoms with Gasteiger partial charge in [0.2, 0.25) is 0 Å². The minimum absolute atomic E-state index is 0.0204. The second kappa shape index (κ2) is 4.70. The van der Waals surface area contributed by atoms with E-state index < -0.39 is 11.8 Å². The normalized spacial score (nSPS) is 31.8. The first kappa shape index (κ1) is 13.0. The monoisotopic (exact) mass is 254 g/mol. The molecular weight excluding hydrogens is 236 g/mol. The number of aryl methyl sites for hydroxylation is 1. The molecule has 2 rings (SSSR count). The predicted octanol–water partition coefficient (Wildman–Crippen LogP) is -0.605. The Morgan fingerprint density at radius 1 is 1.50 bits per heavy atom. The molecule has 0 saturated heterocycles. The maximum Gasteiger partial charge on any atom is 0.328 e. The number of rotatable bonds is 2. The molecule has 6 heteroatoms. The van der Waals surface area contributed by atoms with Gasteiger partial charge in [0.15, 0.2) is 0 Å². The van der Waals surface area contributed by atoms with Crippen molar-refractivity contribution in [2.24, 2.45) is 11.8 Å². The van der Waals surface area contributed by atoms with Gasteiger partial charge in [-0.25, -0.2) is 4.79 Å². The number of hydrogen-bond acceptors (Lipinski definition) is 4. The number of aliphatic hydroxyl groups is 2. The van der Waals surface area contributed by atoms with Crippen LogP contribution in [-0.2, 0) is 0 Å². The van der Waals surface area contributed by atoms with Crippen LogP contribution in [0.25, 0.3) is 0 Å². The topological polar surface area (TPSA) is 95.3 Å². The van der Waals surface area contributed by atoms with Gasteiger partial charge in [0, 0.05) is 30.3 Å². The lowest BCUT2D eigenvalue weighted by atomic mass is 9.95. The molecule has 1 aromatic rings. The minimum Gasteiger partial charge on any atom is -0.396 e. The molecule has 0 radical (unpaired) electrons. The van der Waals surface area contributed by atoms with Gasteiger partial charge in [-0.15, -0.1) is 0 Å². The van der Waals surface area contributed by atoms with Crippen LogP contribution >= 0.6 is 0 Å². The van der Waals surface area contributed by atoms with Crippen molar-refractivity contribution in [2.45, 2.75) is 32.4 Å². The van der Waals surface area contributed by atoms with Crippen molar-refractivity contribution in [1.82, 2.24) is 9.55 Å². The Bertz CT molecular complexity index is 548. The molecule has 1 heterocycles. The van der Waals surface area contributed by atoms with Crippen molar-refractivity contribution >= 4 is 0 Å². The quantitative estimate of drug-likeness (QED) is 0.656. The van der Waals surface area contributed by atoms with E-state index in [1.807, 2.05) is 6.92 Å². The van der Waals surface area contributed by atoms with Gasteiger partial charge in [-0.1, -0.05) is 6.92 Å².